The van der Waals surface area contributed by atoms with Gasteiger partial charge in [0.15, 0.2) is 9.84 Å². The van der Waals surface area contributed by atoms with Crippen LogP contribution in [0.4, 0.5) is 0 Å². The molecule has 3 aromatic carbocycles. The average molecular weight is 402 g/mol. The van der Waals surface area contributed by atoms with Crippen molar-refractivity contribution in [3.05, 3.63) is 84.6 Å². The molecule has 3 nitrogen and oxygen atoms in total. The molecule has 146 valence electrons. The highest BCUT2D eigenvalue weighted by molar-refractivity contribution is 7.90. The van der Waals surface area contributed by atoms with Gasteiger partial charge in [0.05, 0.1) is 10.4 Å². The molecular weight excluding hydrogens is 378 g/mol. The highest BCUT2D eigenvalue weighted by Gasteiger charge is 2.14. The highest BCUT2D eigenvalue weighted by atomic mass is 32.2. The summed E-state index contributed by atoms with van der Waals surface area (Å²) in [7, 11) is -3.26. The lowest BCUT2D eigenvalue weighted by molar-refractivity contribution is 0.602. The van der Waals surface area contributed by atoms with Gasteiger partial charge in [0, 0.05) is 17.8 Å². The number of aromatic nitrogens is 1. The van der Waals surface area contributed by atoms with Crippen molar-refractivity contribution in [2.45, 2.75) is 24.7 Å². The lowest BCUT2D eigenvalue weighted by atomic mass is 9.89. The van der Waals surface area contributed by atoms with Crippen molar-refractivity contribution in [1.82, 2.24) is 4.98 Å². The first-order valence-electron chi connectivity index (χ1n) is 9.62. The van der Waals surface area contributed by atoms with Crippen molar-refractivity contribution in [2.24, 2.45) is 0 Å². The maximum absolute atomic E-state index is 12.0. The number of rotatable bonds is 4. The van der Waals surface area contributed by atoms with Gasteiger partial charge < -0.3 is 0 Å². The minimum atomic E-state index is -3.26. The number of nitrogens with zero attached hydrogens (tertiary/aromatic N) is 1. The van der Waals surface area contributed by atoms with Gasteiger partial charge in [-0.1, -0.05) is 50.2 Å². The van der Waals surface area contributed by atoms with Gasteiger partial charge in [0.2, 0.25) is 0 Å². The fraction of sp³-hybridized carbons (Fsp3) is 0.160. The van der Waals surface area contributed by atoms with Crippen LogP contribution in [0, 0.1) is 0 Å². The smallest absolute Gasteiger partial charge is 0.175 e. The van der Waals surface area contributed by atoms with E-state index in [0.29, 0.717) is 10.8 Å². The summed E-state index contributed by atoms with van der Waals surface area (Å²) in [5.41, 5.74) is 6.36. The minimum absolute atomic E-state index is 0.321. The van der Waals surface area contributed by atoms with Crippen molar-refractivity contribution < 1.29 is 8.42 Å². The Kier molecular flexibility index (Phi) is 4.97. The summed E-state index contributed by atoms with van der Waals surface area (Å²) in [4.78, 5) is 4.73. The molecule has 0 unspecified atom stereocenters. The van der Waals surface area contributed by atoms with E-state index in [1.54, 1.807) is 18.3 Å². The van der Waals surface area contributed by atoms with Crippen molar-refractivity contribution in [3.8, 4) is 22.3 Å². The Hall–Kier alpha value is -2.98. The van der Waals surface area contributed by atoms with E-state index in [2.05, 4.69) is 55.2 Å². The van der Waals surface area contributed by atoms with Gasteiger partial charge in [0.25, 0.3) is 0 Å². The molecule has 1 heterocycles. The van der Waals surface area contributed by atoms with Gasteiger partial charge in [0.1, 0.15) is 0 Å². The van der Waals surface area contributed by atoms with E-state index in [9.17, 15) is 8.42 Å². The van der Waals surface area contributed by atoms with Gasteiger partial charge in [-0.3, -0.25) is 4.98 Å². The Balaban J connectivity index is 1.89. The summed E-state index contributed by atoms with van der Waals surface area (Å²) >= 11 is 0. The molecule has 4 aromatic rings. The summed E-state index contributed by atoms with van der Waals surface area (Å²) < 4.78 is 24.1. The van der Waals surface area contributed by atoms with Crippen LogP contribution in [0.2, 0.25) is 0 Å². The van der Waals surface area contributed by atoms with E-state index in [1.165, 1.54) is 11.8 Å². The van der Waals surface area contributed by atoms with Gasteiger partial charge in [-0.05, 0) is 70.1 Å². The molecule has 4 heteroatoms. The van der Waals surface area contributed by atoms with E-state index in [-0.39, 0.29) is 0 Å². The molecule has 0 N–H and O–H groups in total. The number of pyridine rings is 1. The van der Waals surface area contributed by atoms with E-state index in [4.69, 9.17) is 0 Å². The molecule has 4 rings (SSSR count). The Morgan fingerprint density at radius 2 is 1.55 bits per heavy atom. The van der Waals surface area contributed by atoms with Crippen LogP contribution in [0.25, 0.3) is 33.2 Å². The first kappa shape index (κ1) is 19.3. The quantitative estimate of drug-likeness (QED) is 0.415. The zero-order valence-electron chi connectivity index (χ0n) is 16.8. The van der Waals surface area contributed by atoms with Crippen LogP contribution in [0.1, 0.15) is 25.3 Å². The number of sulfone groups is 1. The van der Waals surface area contributed by atoms with Gasteiger partial charge >= 0.3 is 0 Å². The van der Waals surface area contributed by atoms with Crippen LogP contribution in [-0.4, -0.2) is 19.7 Å². The SMILES string of the molecule is CC(C)c1ccc(-c2ccc3ncccc3c2)cc1-c1cccc(S(C)(=O)=O)c1. The molecule has 0 fully saturated rings. The molecule has 0 spiro atoms. The first-order valence-corrected chi connectivity index (χ1v) is 11.5. The Labute approximate surface area is 172 Å². The predicted molar refractivity (Wildman–Crippen MR) is 120 cm³/mol. The standard InChI is InChI=1S/C25H23NO2S/c1-17(2)23-11-9-19(18-10-12-25-21(14-18)7-5-13-26-25)16-24(23)20-6-4-8-22(15-20)29(3,27)28/h4-17H,1-3H3. The molecule has 29 heavy (non-hydrogen) atoms. The van der Waals surface area contributed by atoms with E-state index in [0.717, 1.165) is 33.2 Å². The molecule has 0 saturated carbocycles. The first-order chi connectivity index (χ1) is 13.8. The lowest BCUT2D eigenvalue weighted by Gasteiger charge is -2.16. The summed E-state index contributed by atoms with van der Waals surface area (Å²) in [5, 5.41) is 1.10. The summed E-state index contributed by atoms with van der Waals surface area (Å²) in [6, 6.07) is 23.9. The molecule has 0 saturated heterocycles. The lowest BCUT2D eigenvalue weighted by Crippen LogP contribution is -1.98. The number of hydrogen-bond acceptors (Lipinski definition) is 3. The van der Waals surface area contributed by atoms with Gasteiger partial charge in [-0.15, -0.1) is 0 Å². The van der Waals surface area contributed by atoms with Crippen LogP contribution in [0.3, 0.4) is 0 Å². The largest absolute Gasteiger partial charge is 0.256 e. The van der Waals surface area contributed by atoms with Crippen LogP contribution in [-0.2, 0) is 9.84 Å². The Morgan fingerprint density at radius 3 is 2.31 bits per heavy atom. The molecule has 0 atom stereocenters. The molecule has 0 aliphatic heterocycles. The van der Waals surface area contributed by atoms with Crippen LogP contribution in [0.5, 0.6) is 0 Å². The zero-order chi connectivity index (χ0) is 20.6. The molecular formula is C25H23NO2S. The maximum atomic E-state index is 12.0. The summed E-state index contributed by atoms with van der Waals surface area (Å²) in [6.45, 7) is 4.31. The van der Waals surface area contributed by atoms with Crippen molar-refractivity contribution in [1.29, 1.82) is 0 Å². The van der Waals surface area contributed by atoms with E-state index >= 15 is 0 Å². The van der Waals surface area contributed by atoms with E-state index < -0.39 is 9.84 Å². The second kappa shape index (κ2) is 7.45. The van der Waals surface area contributed by atoms with Gasteiger partial charge in [-0.2, -0.15) is 0 Å². The molecule has 0 aliphatic rings. The number of benzene rings is 3. The monoisotopic (exact) mass is 401 g/mol. The second-order valence-electron chi connectivity index (χ2n) is 7.67. The Morgan fingerprint density at radius 1 is 0.793 bits per heavy atom. The van der Waals surface area contributed by atoms with Crippen molar-refractivity contribution in [2.75, 3.05) is 6.26 Å². The predicted octanol–water partition coefficient (Wildman–Crippen LogP) is 6.10. The highest BCUT2D eigenvalue weighted by Crippen LogP contribution is 2.35. The Bertz CT molecular complexity index is 1310. The molecule has 0 bridgehead atoms. The third-order valence-corrected chi connectivity index (χ3v) is 6.30. The number of fused-ring (bicyclic) bond motifs is 1. The van der Waals surface area contributed by atoms with E-state index in [1.807, 2.05) is 24.3 Å². The maximum Gasteiger partial charge on any atom is 0.175 e. The average Bonchev–Trinajstić information content (AvgIpc) is 2.72. The molecule has 0 amide bonds. The fourth-order valence-electron chi connectivity index (χ4n) is 3.64. The van der Waals surface area contributed by atoms with Gasteiger partial charge in [-0.25, -0.2) is 8.42 Å². The molecule has 1 aromatic heterocycles. The summed E-state index contributed by atoms with van der Waals surface area (Å²) in [6.07, 6.45) is 3.04. The van der Waals surface area contributed by atoms with Crippen molar-refractivity contribution >= 4 is 20.7 Å². The number of hydrogen-bond donors (Lipinski definition) is 0. The molecule has 0 aliphatic carbocycles. The second-order valence-corrected chi connectivity index (χ2v) is 9.68. The fourth-order valence-corrected chi connectivity index (χ4v) is 4.31. The molecule has 0 radical (unpaired) electrons. The van der Waals surface area contributed by atoms with Crippen LogP contribution >= 0.6 is 0 Å². The third-order valence-electron chi connectivity index (χ3n) is 5.18. The van der Waals surface area contributed by atoms with Crippen molar-refractivity contribution in [3.63, 3.8) is 0 Å². The third kappa shape index (κ3) is 3.94. The zero-order valence-corrected chi connectivity index (χ0v) is 17.6. The summed E-state index contributed by atoms with van der Waals surface area (Å²) in [5.74, 6) is 0.321. The minimum Gasteiger partial charge on any atom is -0.256 e. The topological polar surface area (TPSA) is 47.0 Å². The van der Waals surface area contributed by atoms with Crippen LogP contribution < -0.4 is 0 Å². The van der Waals surface area contributed by atoms with Crippen LogP contribution in [0.15, 0.2) is 83.9 Å². The normalized spacial score (nSPS) is 11.9.